The van der Waals surface area contributed by atoms with Crippen LogP contribution in [0, 0.1) is 12.8 Å². The zero-order chi connectivity index (χ0) is 27.5. The number of methoxy groups -OCH3 is 1. The van der Waals surface area contributed by atoms with E-state index in [-0.39, 0.29) is 43.5 Å². The standard InChI is InChI=1S/C26H46N4O7/c1-18(2)11-22-14-29(20(4)31)15-24(35-6)26(34)23(32)17-36-10-8-7-9-30(22)25(33)16-28(5)13-21-12-19(3)37-27-21/h12,18,22-24,26,32,34H,7-11,13-17H2,1-6H3/t22-,23-,24-,26-/m1/s1. The molecule has 1 aromatic rings. The smallest absolute Gasteiger partial charge is 0.237 e. The van der Waals surface area contributed by atoms with Crippen LogP contribution in [-0.2, 0) is 25.6 Å². The van der Waals surface area contributed by atoms with Gasteiger partial charge in [0.1, 0.15) is 24.1 Å². The third-order valence-corrected chi connectivity index (χ3v) is 6.60. The minimum Gasteiger partial charge on any atom is -0.388 e. The molecule has 11 nitrogen and oxygen atoms in total. The van der Waals surface area contributed by atoms with Crippen LogP contribution in [0.15, 0.2) is 10.6 Å². The molecule has 0 saturated carbocycles. The number of rotatable bonds is 7. The Bertz CT molecular complexity index is 834. The van der Waals surface area contributed by atoms with Crippen LogP contribution >= 0.6 is 0 Å². The lowest BCUT2D eigenvalue weighted by Crippen LogP contribution is -2.54. The van der Waals surface area contributed by atoms with Gasteiger partial charge in [-0.25, -0.2) is 0 Å². The molecule has 37 heavy (non-hydrogen) atoms. The third kappa shape index (κ3) is 10.3. The van der Waals surface area contributed by atoms with Crippen LogP contribution in [0.5, 0.6) is 0 Å². The summed E-state index contributed by atoms with van der Waals surface area (Å²) in [4.78, 5) is 31.7. The largest absolute Gasteiger partial charge is 0.388 e. The Morgan fingerprint density at radius 3 is 2.59 bits per heavy atom. The highest BCUT2D eigenvalue weighted by Gasteiger charge is 2.33. The highest BCUT2D eigenvalue weighted by Crippen LogP contribution is 2.18. The van der Waals surface area contributed by atoms with Gasteiger partial charge in [-0.05, 0) is 39.2 Å². The van der Waals surface area contributed by atoms with Crippen LogP contribution in [0.2, 0.25) is 0 Å². The number of aliphatic hydroxyl groups is 2. The summed E-state index contributed by atoms with van der Waals surface area (Å²) in [5.74, 6) is 0.799. The van der Waals surface area contributed by atoms with E-state index in [0.717, 1.165) is 11.5 Å². The molecule has 2 rings (SSSR count). The summed E-state index contributed by atoms with van der Waals surface area (Å²) < 4.78 is 16.2. The van der Waals surface area contributed by atoms with E-state index in [1.54, 1.807) is 4.90 Å². The predicted octanol–water partition coefficient (Wildman–Crippen LogP) is 1.05. The number of aliphatic hydroxyl groups excluding tert-OH is 2. The van der Waals surface area contributed by atoms with Crippen molar-refractivity contribution in [2.24, 2.45) is 5.92 Å². The molecule has 4 atom stereocenters. The maximum absolute atomic E-state index is 13.6. The molecule has 0 unspecified atom stereocenters. The molecule has 2 amide bonds. The minimum atomic E-state index is -1.22. The van der Waals surface area contributed by atoms with Gasteiger partial charge in [0.25, 0.3) is 0 Å². The van der Waals surface area contributed by atoms with E-state index in [1.807, 2.05) is 29.8 Å². The summed E-state index contributed by atoms with van der Waals surface area (Å²) in [7, 11) is 3.31. The van der Waals surface area contributed by atoms with Crippen molar-refractivity contribution < 1.29 is 33.8 Å². The second kappa shape index (κ2) is 15.4. The number of amides is 2. The Hall–Kier alpha value is -2.05. The molecular weight excluding hydrogens is 480 g/mol. The topological polar surface area (TPSA) is 129 Å². The van der Waals surface area contributed by atoms with Crippen molar-refractivity contribution in [3.05, 3.63) is 17.5 Å². The number of carbonyl (C=O) groups is 2. The Morgan fingerprint density at radius 2 is 2.00 bits per heavy atom. The van der Waals surface area contributed by atoms with Crippen LogP contribution in [-0.4, -0.2) is 120 Å². The maximum Gasteiger partial charge on any atom is 0.237 e. The summed E-state index contributed by atoms with van der Waals surface area (Å²) in [5, 5.41) is 25.0. The first-order valence-corrected chi connectivity index (χ1v) is 13.1. The van der Waals surface area contributed by atoms with Crippen LogP contribution in [0.1, 0.15) is 51.5 Å². The van der Waals surface area contributed by atoms with Crippen LogP contribution in [0.25, 0.3) is 0 Å². The van der Waals surface area contributed by atoms with Crippen molar-refractivity contribution in [1.29, 1.82) is 0 Å². The fraction of sp³-hybridized carbons (Fsp3) is 0.808. The van der Waals surface area contributed by atoms with Gasteiger partial charge in [-0.3, -0.25) is 14.5 Å². The molecule has 1 saturated heterocycles. The number of hydrogen-bond acceptors (Lipinski definition) is 9. The van der Waals surface area contributed by atoms with Gasteiger partial charge in [0.15, 0.2) is 0 Å². The number of ether oxygens (including phenoxy) is 2. The molecule has 2 N–H and O–H groups in total. The summed E-state index contributed by atoms with van der Waals surface area (Å²) in [6.07, 6.45) is -1.03. The lowest BCUT2D eigenvalue weighted by Gasteiger charge is -2.39. The Morgan fingerprint density at radius 1 is 1.27 bits per heavy atom. The van der Waals surface area contributed by atoms with Crippen molar-refractivity contribution in [2.45, 2.75) is 77.9 Å². The third-order valence-electron chi connectivity index (χ3n) is 6.60. The molecule has 11 heteroatoms. The summed E-state index contributed by atoms with van der Waals surface area (Å²) in [6.45, 7) is 9.46. The van der Waals surface area contributed by atoms with Crippen LogP contribution in [0.3, 0.4) is 0 Å². The molecule has 1 fully saturated rings. The SMILES string of the molecule is CO[C@@H]1CN(C(C)=O)C[C@@H](CC(C)C)N(C(=O)CN(C)Cc2cc(C)on2)CCCCOC[C@@H](O)[C@H]1O. The molecule has 1 aliphatic heterocycles. The summed E-state index contributed by atoms with van der Waals surface area (Å²) >= 11 is 0. The molecule has 0 spiro atoms. The number of aromatic nitrogens is 1. The molecule has 0 bridgehead atoms. The van der Waals surface area contributed by atoms with E-state index in [9.17, 15) is 19.8 Å². The molecule has 1 aromatic heterocycles. The van der Waals surface area contributed by atoms with Gasteiger partial charge in [-0.2, -0.15) is 0 Å². The Labute approximate surface area is 220 Å². The van der Waals surface area contributed by atoms with E-state index < -0.39 is 18.3 Å². The number of aryl methyl sites for hydroxylation is 1. The normalized spacial score (nSPS) is 24.9. The number of nitrogens with zero attached hydrogens (tertiary/aromatic N) is 4. The molecule has 0 radical (unpaired) electrons. The van der Waals surface area contributed by atoms with Gasteiger partial charge < -0.3 is 34.0 Å². The van der Waals surface area contributed by atoms with Crippen molar-refractivity contribution in [3.63, 3.8) is 0 Å². The van der Waals surface area contributed by atoms with E-state index in [2.05, 4.69) is 19.0 Å². The van der Waals surface area contributed by atoms with Crippen molar-refractivity contribution >= 4 is 11.8 Å². The molecule has 212 valence electrons. The fourth-order valence-electron chi connectivity index (χ4n) is 4.66. The van der Waals surface area contributed by atoms with E-state index in [4.69, 9.17) is 14.0 Å². The van der Waals surface area contributed by atoms with Crippen molar-refractivity contribution in [2.75, 3.05) is 53.6 Å². The first-order valence-electron chi connectivity index (χ1n) is 13.1. The van der Waals surface area contributed by atoms with E-state index >= 15 is 0 Å². The predicted molar refractivity (Wildman–Crippen MR) is 138 cm³/mol. The summed E-state index contributed by atoms with van der Waals surface area (Å²) in [5.41, 5.74) is 0.763. The van der Waals surface area contributed by atoms with E-state index in [0.29, 0.717) is 45.5 Å². The zero-order valence-electron chi connectivity index (χ0n) is 23.3. The Kier molecular flexibility index (Phi) is 13.0. The fourth-order valence-corrected chi connectivity index (χ4v) is 4.66. The number of carbonyl (C=O) groups excluding carboxylic acids is 2. The second-order valence-electron chi connectivity index (χ2n) is 10.5. The Balaban J connectivity index is 2.27. The van der Waals surface area contributed by atoms with Crippen LogP contribution in [0.4, 0.5) is 0 Å². The molecular formula is C26H46N4O7. The lowest BCUT2D eigenvalue weighted by atomic mass is 10.00. The number of likely N-dealkylation sites (N-methyl/N-ethyl adjacent to an activating group) is 1. The van der Waals surface area contributed by atoms with Gasteiger partial charge in [0, 0.05) is 58.9 Å². The second-order valence-corrected chi connectivity index (χ2v) is 10.5. The lowest BCUT2D eigenvalue weighted by molar-refractivity contribution is -0.142. The van der Waals surface area contributed by atoms with Gasteiger partial charge in [0.05, 0.1) is 18.8 Å². The quantitative estimate of drug-likeness (QED) is 0.536. The minimum absolute atomic E-state index is 0.0244. The first-order chi connectivity index (χ1) is 17.5. The summed E-state index contributed by atoms with van der Waals surface area (Å²) in [6, 6.07) is 1.63. The molecule has 0 aromatic carbocycles. The number of hydrogen-bond donors (Lipinski definition) is 2. The monoisotopic (exact) mass is 526 g/mol. The highest BCUT2D eigenvalue weighted by atomic mass is 16.5. The molecule has 1 aliphatic rings. The van der Waals surface area contributed by atoms with Crippen molar-refractivity contribution in [3.8, 4) is 0 Å². The maximum atomic E-state index is 13.6. The van der Waals surface area contributed by atoms with Gasteiger partial charge in [-0.15, -0.1) is 0 Å². The van der Waals surface area contributed by atoms with Gasteiger partial charge in [-0.1, -0.05) is 19.0 Å². The van der Waals surface area contributed by atoms with Crippen molar-refractivity contribution in [1.82, 2.24) is 19.9 Å². The zero-order valence-corrected chi connectivity index (χ0v) is 23.3. The molecule has 2 heterocycles. The first kappa shape index (κ1) is 31.2. The van der Waals surface area contributed by atoms with Gasteiger partial charge in [0.2, 0.25) is 11.8 Å². The average Bonchev–Trinajstić information content (AvgIpc) is 3.23. The van der Waals surface area contributed by atoms with Gasteiger partial charge >= 0.3 is 0 Å². The average molecular weight is 527 g/mol. The molecule has 0 aliphatic carbocycles. The van der Waals surface area contributed by atoms with E-state index in [1.165, 1.54) is 14.0 Å². The van der Waals surface area contributed by atoms with Crippen LogP contribution < -0.4 is 0 Å². The highest BCUT2D eigenvalue weighted by molar-refractivity contribution is 5.79.